The number of hydrogen-bond donors (Lipinski definition) is 0. The van der Waals surface area contributed by atoms with Crippen LogP contribution >= 0.6 is 0 Å². The van der Waals surface area contributed by atoms with Crippen LogP contribution < -0.4 is 0 Å². The normalized spacial score (nSPS) is 35.1. The average Bonchev–Trinajstić information content (AvgIpc) is 2.10. The Balaban J connectivity index is 2.77. The van der Waals surface area contributed by atoms with E-state index in [0.717, 1.165) is 19.3 Å². The van der Waals surface area contributed by atoms with Crippen LogP contribution in [0, 0.1) is 34.0 Å². The SMILES string of the molecule is CC1CCCCC1(C#N)CC#N. The van der Waals surface area contributed by atoms with Crippen molar-refractivity contribution in [2.24, 2.45) is 11.3 Å². The van der Waals surface area contributed by atoms with Crippen molar-refractivity contribution in [3.8, 4) is 12.1 Å². The van der Waals surface area contributed by atoms with E-state index in [1.807, 2.05) is 0 Å². The number of nitriles is 2. The Labute approximate surface area is 73.8 Å². The van der Waals surface area contributed by atoms with Gasteiger partial charge in [0, 0.05) is 0 Å². The summed E-state index contributed by atoms with van der Waals surface area (Å²) in [6, 6.07) is 4.48. The Morgan fingerprint density at radius 3 is 2.67 bits per heavy atom. The van der Waals surface area contributed by atoms with Crippen LogP contribution in [0.1, 0.15) is 39.0 Å². The van der Waals surface area contributed by atoms with Gasteiger partial charge >= 0.3 is 0 Å². The molecule has 0 spiro atoms. The van der Waals surface area contributed by atoms with E-state index in [0.29, 0.717) is 12.3 Å². The molecule has 0 bridgehead atoms. The molecule has 0 aromatic heterocycles. The van der Waals surface area contributed by atoms with Gasteiger partial charge in [0.2, 0.25) is 0 Å². The molecular weight excluding hydrogens is 148 g/mol. The maximum absolute atomic E-state index is 9.04. The molecule has 0 aromatic rings. The predicted molar refractivity (Wildman–Crippen MR) is 45.9 cm³/mol. The van der Waals surface area contributed by atoms with Gasteiger partial charge in [-0.05, 0) is 18.8 Å². The van der Waals surface area contributed by atoms with Crippen molar-refractivity contribution < 1.29 is 0 Å². The highest BCUT2D eigenvalue weighted by Crippen LogP contribution is 2.42. The van der Waals surface area contributed by atoms with Crippen molar-refractivity contribution in [3.63, 3.8) is 0 Å². The first-order valence-corrected chi connectivity index (χ1v) is 4.53. The second-order valence-corrected chi connectivity index (χ2v) is 3.75. The molecule has 1 aliphatic carbocycles. The van der Waals surface area contributed by atoms with Crippen molar-refractivity contribution in [1.29, 1.82) is 10.5 Å². The van der Waals surface area contributed by atoms with Crippen molar-refractivity contribution in [2.75, 3.05) is 0 Å². The number of nitrogens with zero attached hydrogens (tertiary/aromatic N) is 2. The zero-order chi connectivity index (χ0) is 9.03. The van der Waals surface area contributed by atoms with Crippen LogP contribution in [0.3, 0.4) is 0 Å². The highest BCUT2D eigenvalue weighted by Gasteiger charge is 2.38. The smallest absolute Gasteiger partial charge is 0.0729 e. The highest BCUT2D eigenvalue weighted by molar-refractivity contribution is 5.07. The van der Waals surface area contributed by atoms with Gasteiger partial charge in [0.15, 0.2) is 0 Å². The Bertz CT molecular complexity index is 233. The first-order valence-electron chi connectivity index (χ1n) is 4.53. The van der Waals surface area contributed by atoms with Crippen molar-refractivity contribution in [1.82, 2.24) is 0 Å². The summed E-state index contributed by atoms with van der Waals surface area (Å²) in [5.41, 5.74) is -0.326. The van der Waals surface area contributed by atoms with Gasteiger partial charge in [0.1, 0.15) is 0 Å². The Hall–Kier alpha value is -1.02. The first kappa shape index (κ1) is 9.07. The van der Waals surface area contributed by atoms with Gasteiger partial charge in [-0.2, -0.15) is 10.5 Å². The molecule has 1 fully saturated rings. The van der Waals surface area contributed by atoms with Gasteiger partial charge in [-0.1, -0.05) is 19.8 Å². The summed E-state index contributed by atoms with van der Waals surface area (Å²) in [6.45, 7) is 2.10. The molecule has 2 heteroatoms. The lowest BCUT2D eigenvalue weighted by atomic mass is 9.66. The molecule has 0 aliphatic heterocycles. The fourth-order valence-corrected chi connectivity index (χ4v) is 2.02. The molecule has 1 aliphatic rings. The summed E-state index contributed by atoms with van der Waals surface area (Å²) in [7, 11) is 0. The molecule has 64 valence electrons. The molecule has 1 rings (SSSR count). The van der Waals surface area contributed by atoms with E-state index in [4.69, 9.17) is 10.5 Å². The molecule has 0 heterocycles. The third-order valence-electron chi connectivity index (χ3n) is 3.07. The lowest BCUT2D eigenvalue weighted by Gasteiger charge is -2.34. The van der Waals surface area contributed by atoms with E-state index in [2.05, 4.69) is 19.1 Å². The topological polar surface area (TPSA) is 47.6 Å². The van der Waals surface area contributed by atoms with E-state index in [1.165, 1.54) is 6.42 Å². The Kier molecular flexibility index (Phi) is 2.71. The third-order valence-corrected chi connectivity index (χ3v) is 3.07. The van der Waals surface area contributed by atoms with E-state index >= 15 is 0 Å². The van der Waals surface area contributed by atoms with Crippen LogP contribution in [0.15, 0.2) is 0 Å². The second-order valence-electron chi connectivity index (χ2n) is 3.75. The molecule has 0 radical (unpaired) electrons. The molecule has 2 unspecified atom stereocenters. The van der Waals surface area contributed by atoms with Crippen LogP contribution in [0.5, 0.6) is 0 Å². The zero-order valence-electron chi connectivity index (χ0n) is 7.51. The monoisotopic (exact) mass is 162 g/mol. The maximum Gasteiger partial charge on any atom is 0.0729 e. The lowest BCUT2D eigenvalue weighted by Crippen LogP contribution is -2.30. The lowest BCUT2D eigenvalue weighted by molar-refractivity contribution is 0.180. The van der Waals surface area contributed by atoms with Crippen LogP contribution in [-0.4, -0.2) is 0 Å². The maximum atomic E-state index is 9.04. The predicted octanol–water partition coefficient (Wildman–Crippen LogP) is 2.62. The quantitative estimate of drug-likeness (QED) is 0.595. The van der Waals surface area contributed by atoms with Crippen LogP contribution in [0.25, 0.3) is 0 Å². The number of hydrogen-bond acceptors (Lipinski definition) is 2. The molecule has 12 heavy (non-hydrogen) atoms. The van der Waals surface area contributed by atoms with Crippen molar-refractivity contribution in [3.05, 3.63) is 0 Å². The Morgan fingerprint density at radius 2 is 2.17 bits per heavy atom. The molecule has 0 saturated heterocycles. The molecular formula is C10H14N2. The molecule has 0 amide bonds. The fraction of sp³-hybridized carbons (Fsp3) is 0.800. The summed E-state index contributed by atoms with van der Waals surface area (Å²) < 4.78 is 0. The summed E-state index contributed by atoms with van der Waals surface area (Å²) in [5.74, 6) is 0.399. The molecule has 0 N–H and O–H groups in total. The second kappa shape index (κ2) is 3.59. The first-order chi connectivity index (χ1) is 5.75. The number of rotatable bonds is 1. The van der Waals surface area contributed by atoms with Crippen LogP contribution in [0.2, 0.25) is 0 Å². The summed E-state index contributed by atoms with van der Waals surface area (Å²) in [4.78, 5) is 0. The minimum atomic E-state index is -0.326. The largest absolute Gasteiger partial charge is 0.198 e. The van der Waals surface area contributed by atoms with Gasteiger partial charge in [-0.15, -0.1) is 0 Å². The van der Waals surface area contributed by atoms with Gasteiger partial charge < -0.3 is 0 Å². The molecule has 2 nitrogen and oxygen atoms in total. The minimum Gasteiger partial charge on any atom is -0.198 e. The fourth-order valence-electron chi connectivity index (χ4n) is 2.02. The van der Waals surface area contributed by atoms with E-state index in [9.17, 15) is 0 Å². The van der Waals surface area contributed by atoms with E-state index < -0.39 is 0 Å². The van der Waals surface area contributed by atoms with Gasteiger partial charge in [0.05, 0.1) is 24.0 Å². The van der Waals surface area contributed by atoms with E-state index in [-0.39, 0.29) is 5.41 Å². The highest BCUT2D eigenvalue weighted by atomic mass is 14.4. The average molecular weight is 162 g/mol. The zero-order valence-corrected chi connectivity index (χ0v) is 7.51. The molecule has 1 saturated carbocycles. The van der Waals surface area contributed by atoms with Crippen molar-refractivity contribution in [2.45, 2.75) is 39.0 Å². The molecule has 2 atom stereocenters. The third kappa shape index (κ3) is 1.43. The summed E-state index contributed by atoms with van der Waals surface area (Å²) in [6.07, 6.45) is 4.76. The van der Waals surface area contributed by atoms with Gasteiger partial charge in [0.25, 0.3) is 0 Å². The van der Waals surface area contributed by atoms with Crippen LogP contribution in [0.4, 0.5) is 0 Å². The Morgan fingerprint density at radius 1 is 1.42 bits per heavy atom. The standard InChI is InChI=1S/C10H14N2/c1-9-4-2-3-5-10(9,8-12)6-7-11/h9H,2-6H2,1H3. The van der Waals surface area contributed by atoms with Crippen molar-refractivity contribution >= 4 is 0 Å². The van der Waals surface area contributed by atoms with E-state index in [1.54, 1.807) is 0 Å². The summed E-state index contributed by atoms with van der Waals surface area (Å²) in [5, 5.41) is 17.7. The van der Waals surface area contributed by atoms with Gasteiger partial charge in [-0.3, -0.25) is 0 Å². The van der Waals surface area contributed by atoms with Crippen LogP contribution in [-0.2, 0) is 0 Å². The molecule has 0 aromatic carbocycles. The van der Waals surface area contributed by atoms with Gasteiger partial charge in [-0.25, -0.2) is 0 Å². The summed E-state index contributed by atoms with van der Waals surface area (Å²) >= 11 is 0. The minimum absolute atomic E-state index is 0.326.